The zero-order chi connectivity index (χ0) is 19.8. The van der Waals surface area contributed by atoms with Gasteiger partial charge in [-0.1, -0.05) is 19.1 Å². The Morgan fingerprint density at radius 3 is 2.59 bits per heavy atom. The Labute approximate surface area is 175 Å². The minimum atomic E-state index is -1.43. The molecule has 2 unspecified atom stereocenters. The van der Waals surface area contributed by atoms with Gasteiger partial charge in [-0.25, -0.2) is 4.79 Å². The summed E-state index contributed by atoms with van der Waals surface area (Å²) in [5.41, 5.74) is 1.38. The van der Waals surface area contributed by atoms with E-state index in [-0.39, 0.29) is 12.4 Å². The van der Waals surface area contributed by atoms with Crippen LogP contribution in [0.5, 0.6) is 5.75 Å². The lowest BCUT2D eigenvalue weighted by atomic mass is 9.94. The van der Waals surface area contributed by atoms with Crippen LogP contribution in [0.3, 0.4) is 0 Å². The largest absolute Gasteiger partial charge is 0.506 e. The average Bonchev–Trinajstić information content (AvgIpc) is 3.11. The molecule has 3 heterocycles. The van der Waals surface area contributed by atoms with Crippen molar-refractivity contribution in [2.75, 3.05) is 24.5 Å². The number of aromatic amines is 1. The summed E-state index contributed by atoms with van der Waals surface area (Å²) >= 11 is 0. The number of hydrogen-bond acceptors (Lipinski definition) is 5. The Morgan fingerprint density at radius 2 is 1.97 bits per heavy atom. The van der Waals surface area contributed by atoms with Crippen molar-refractivity contribution in [3.8, 4) is 17.0 Å². The maximum atomic E-state index is 12.2. The molecule has 8 heteroatoms. The van der Waals surface area contributed by atoms with Gasteiger partial charge >= 0.3 is 5.97 Å². The lowest BCUT2D eigenvalue weighted by Gasteiger charge is -2.24. The normalized spacial score (nSPS) is 20.8. The Balaban J connectivity index is 0.00000240. The van der Waals surface area contributed by atoms with Crippen LogP contribution in [0.4, 0.5) is 5.69 Å². The molecule has 0 saturated carbocycles. The SMILES string of the molecule is CCc1c(-c2ccc(N3CC4CCCNC4C3)cc2)[nH]c(=O)c(C(=O)O)c1O.Cl. The van der Waals surface area contributed by atoms with E-state index in [0.717, 1.165) is 30.9 Å². The van der Waals surface area contributed by atoms with E-state index in [1.54, 1.807) is 0 Å². The number of hydrogen-bond donors (Lipinski definition) is 4. The van der Waals surface area contributed by atoms with Crippen LogP contribution in [0, 0.1) is 5.92 Å². The number of carboxylic acids is 1. The molecule has 1 aromatic heterocycles. The van der Waals surface area contributed by atoms with Gasteiger partial charge in [-0.3, -0.25) is 4.79 Å². The monoisotopic (exact) mass is 419 g/mol. The van der Waals surface area contributed by atoms with E-state index in [0.29, 0.717) is 29.6 Å². The molecule has 0 aliphatic carbocycles. The van der Waals surface area contributed by atoms with E-state index >= 15 is 0 Å². The van der Waals surface area contributed by atoms with Crippen LogP contribution in [0.1, 0.15) is 35.7 Å². The quantitative estimate of drug-likeness (QED) is 0.607. The van der Waals surface area contributed by atoms with E-state index in [1.165, 1.54) is 12.8 Å². The van der Waals surface area contributed by atoms with Crippen LogP contribution in [0.25, 0.3) is 11.3 Å². The van der Waals surface area contributed by atoms with E-state index < -0.39 is 22.8 Å². The third-order valence-corrected chi connectivity index (χ3v) is 5.98. The molecule has 0 spiro atoms. The molecule has 2 aromatic rings. The first-order chi connectivity index (χ1) is 13.5. The van der Waals surface area contributed by atoms with Gasteiger partial charge in [-0.2, -0.15) is 0 Å². The zero-order valence-corrected chi connectivity index (χ0v) is 17.1. The molecular formula is C21H26ClN3O4. The fourth-order valence-corrected chi connectivity index (χ4v) is 4.51. The highest BCUT2D eigenvalue weighted by atomic mass is 35.5. The smallest absolute Gasteiger partial charge is 0.345 e. The number of rotatable bonds is 4. The molecule has 2 saturated heterocycles. The van der Waals surface area contributed by atoms with Crippen LogP contribution >= 0.6 is 12.4 Å². The highest BCUT2D eigenvalue weighted by Gasteiger charge is 2.34. The molecule has 0 bridgehead atoms. The molecule has 7 nitrogen and oxygen atoms in total. The number of carboxylic acid groups (broad SMARTS) is 1. The Kier molecular flexibility index (Phi) is 6.19. The number of carbonyl (C=O) groups is 1. The van der Waals surface area contributed by atoms with Crippen molar-refractivity contribution in [3.63, 3.8) is 0 Å². The number of pyridine rings is 1. The summed E-state index contributed by atoms with van der Waals surface area (Å²) in [7, 11) is 0. The Bertz CT molecular complexity index is 944. The van der Waals surface area contributed by atoms with Crippen LogP contribution in [-0.2, 0) is 6.42 Å². The number of fused-ring (bicyclic) bond motifs is 1. The van der Waals surface area contributed by atoms with E-state index in [2.05, 4.69) is 15.2 Å². The second-order valence-electron chi connectivity index (χ2n) is 7.60. The van der Waals surface area contributed by atoms with E-state index in [9.17, 15) is 19.8 Å². The molecule has 156 valence electrons. The molecule has 0 amide bonds. The van der Waals surface area contributed by atoms with Gasteiger partial charge in [0.25, 0.3) is 5.56 Å². The summed E-state index contributed by atoms with van der Waals surface area (Å²) in [6.45, 7) is 4.95. The number of piperidine rings is 1. The number of nitrogens with zero attached hydrogens (tertiary/aromatic N) is 1. The average molecular weight is 420 g/mol. The molecule has 2 fully saturated rings. The van der Waals surface area contributed by atoms with Gasteiger partial charge in [0.2, 0.25) is 0 Å². The third-order valence-electron chi connectivity index (χ3n) is 5.98. The Hall–Kier alpha value is -2.51. The van der Waals surface area contributed by atoms with E-state index in [4.69, 9.17) is 0 Å². The summed E-state index contributed by atoms with van der Waals surface area (Å²) in [5.74, 6) is -1.19. The lowest BCUT2D eigenvalue weighted by molar-refractivity contribution is 0.0691. The highest BCUT2D eigenvalue weighted by Crippen LogP contribution is 2.33. The summed E-state index contributed by atoms with van der Waals surface area (Å²) < 4.78 is 0. The topological polar surface area (TPSA) is 106 Å². The molecule has 0 radical (unpaired) electrons. The zero-order valence-electron chi connectivity index (χ0n) is 16.3. The molecule has 2 atom stereocenters. The summed E-state index contributed by atoms with van der Waals surface area (Å²) in [6.07, 6.45) is 2.90. The number of anilines is 1. The molecule has 4 N–H and O–H groups in total. The van der Waals surface area contributed by atoms with Gasteiger partial charge in [0, 0.05) is 30.4 Å². The molecule has 2 aliphatic heterocycles. The fraction of sp³-hybridized carbons (Fsp3) is 0.429. The number of aromatic carboxylic acids is 1. The Morgan fingerprint density at radius 1 is 1.24 bits per heavy atom. The lowest BCUT2D eigenvalue weighted by Crippen LogP contribution is -2.40. The van der Waals surface area contributed by atoms with Crippen LogP contribution < -0.4 is 15.8 Å². The predicted molar refractivity (Wildman–Crippen MR) is 114 cm³/mol. The van der Waals surface area contributed by atoms with Crippen LogP contribution in [0.15, 0.2) is 29.1 Å². The predicted octanol–water partition coefficient (Wildman–Crippen LogP) is 2.62. The van der Waals surface area contributed by atoms with Crippen molar-refractivity contribution >= 4 is 24.1 Å². The number of aromatic hydroxyl groups is 1. The first-order valence-electron chi connectivity index (χ1n) is 9.79. The number of aromatic nitrogens is 1. The summed E-state index contributed by atoms with van der Waals surface area (Å²) in [6, 6.07) is 8.42. The number of benzene rings is 1. The third kappa shape index (κ3) is 3.84. The first kappa shape index (κ1) is 21.2. The van der Waals surface area contributed by atoms with Crippen molar-refractivity contribution in [2.24, 2.45) is 5.92 Å². The number of halogens is 1. The van der Waals surface area contributed by atoms with Gasteiger partial charge in [0.1, 0.15) is 5.75 Å². The molecule has 29 heavy (non-hydrogen) atoms. The second-order valence-corrected chi connectivity index (χ2v) is 7.60. The number of nitrogens with one attached hydrogen (secondary N) is 2. The van der Waals surface area contributed by atoms with Crippen LogP contribution in [0.2, 0.25) is 0 Å². The van der Waals surface area contributed by atoms with Gasteiger partial charge in [0.05, 0.1) is 5.69 Å². The van der Waals surface area contributed by atoms with Crippen molar-refractivity contribution in [3.05, 3.63) is 45.7 Å². The van der Waals surface area contributed by atoms with Gasteiger partial charge in [0.15, 0.2) is 5.56 Å². The minimum absolute atomic E-state index is 0. The van der Waals surface area contributed by atoms with Gasteiger partial charge in [-0.15, -0.1) is 12.4 Å². The van der Waals surface area contributed by atoms with Gasteiger partial charge < -0.3 is 25.4 Å². The standard InChI is InChI=1S/C21H25N3O4.ClH/c1-2-15-18(23-20(26)17(19(15)25)21(27)28)12-5-7-14(8-6-12)24-10-13-4-3-9-22-16(13)11-24;/h5-8,13,16,22H,2-4,9-11H2,1H3,(H,27,28)(H2,23,25,26);1H. The first-order valence-corrected chi connectivity index (χ1v) is 9.79. The summed E-state index contributed by atoms with van der Waals surface area (Å²) in [4.78, 5) is 28.4. The van der Waals surface area contributed by atoms with Crippen molar-refractivity contribution < 1.29 is 15.0 Å². The van der Waals surface area contributed by atoms with Crippen molar-refractivity contribution in [1.82, 2.24) is 10.3 Å². The molecule has 4 rings (SSSR count). The highest BCUT2D eigenvalue weighted by molar-refractivity contribution is 5.92. The van der Waals surface area contributed by atoms with Crippen molar-refractivity contribution in [1.29, 1.82) is 0 Å². The number of H-pyrrole nitrogens is 1. The molecule has 1 aromatic carbocycles. The second kappa shape index (κ2) is 8.47. The maximum Gasteiger partial charge on any atom is 0.345 e. The summed E-state index contributed by atoms with van der Waals surface area (Å²) in [5, 5.41) is 23.1. The molecule has 2 aliphatic rings. The van der Waals surface area contributed by atoms with E-state index in [1.807, 2.05) is 31.2 Å². The fourth-order valence-electron chi connectivity index (χ4n) is 4.51. The maximum absolute atomic E-state index is 12.2. The molecular weight excluding hydrogens is 394 g/mol. The minimum Gasteiger partial charge on any atom is -0.506 e. The van der Waals surface area contributed by atoms with Crippen LogP contribution in [-0.4, -0.2) is 46.8 Å². The van der Waals surface area contributed by atoms with Gasteiger partial charge in [-0.05, 0) is 49.4 Å². The van der Waals surface area contributed by atoms with Crippen molar-refractivity contribution in [2.45, 2.75) is 32.2 Å².